The number of carbonyl (C=O) groups excluding carboxylic acids is 2. The first-order valence-electron chi connectivity index (χ1n) is 5.24. The van der Waals surface area contributed by atoms with Crippen LogP contribution in [0.15, 0.2) is 0 Å². The Morgan fingerprint density at radius 3 is 2.50 bits per heavy atom. The van der Waals surface area contributed by atoms with Gasteiger partial charge in [-0.1, -0.05) is 13.8 Å². The van der Waals surface area contributed by atoms with Crippen LogP contribution in [-0.2, 0) is 9.59 Å². The summed E-state index contributed by atoms with van der Waals surface area (Å²) in [7, 11) is 1.73. The Bertz CT molecular complexity index is 271. The van der Waals surface area contributed by atoms with Crippen molar-refractivity contribution in [2.75, 3.05) is 13.6 Å². The summed E-state index contributed by atoms with van der Waals surface area (Å²) < 4.78 is 0. The highest BCUT2D eigenvalue weighted by Gasteiger charge is 2.31. The second-order valence-corrected chi connectivity index (χ2v) is 4.38. The van der Waals surface area contributed by atoms with E-state index in [-0.39, 0.29) is 36.2 Å². The number of halogens is 1. The van der Waals surface area contributed by atoms with E-state index in [1.807, 2.05) is 13.8 Å². The standard InChI is InChI=1S/C10H19N3O2.ClH/c1-6(2)8(11)9(14)12-7-4-5-13(3)10(7)15;/h6-8H,4-5,11H2,1-3H3,(H,12,14);1H. The van der Waals surface area contributed by atoms with Crippen LogP contribution >= 0.6 is 12.4 Å². The molecule has 0 aliphatic carbocycles. The first kappa shape index (κ1) is 15.2. The molecule has 1 heterocycles. The van der Waals surface area contributed by atoms with Gasteiger partial charge in [0.25, 0.3) is 0 Å². The lowest BCUT2D eigenvalue weighted by atomic mass is 10.0. The average molecular weight is 250 g/mol. The van der Waals surface area contributed by atoms with Crippen LogP contribution < -0.4 is 11.1 Å². The molecule has 5 nitrogen and oxygen atoms in total. The Hall–Kier alpha value is -0.810. The summed E-state index contributed by atoms with van der Waals surface area (Å²) in [4.78, 5) is 24.7. The van der Waals surface area contributed by atoms with E-state index < -0.39 is 6.04 Å². The number of likely N-dealkylation sites (tertiary alicyclic amines) is 1. The van der Waals surface area contributed by atoms with E-state index in [0.29, 0.717) is 13.0 Å². The normalized spacial score (nSPS) is 21.9. The minimum atomic E-state index is -0.538. The lowest BCUT2D eigenvalue weighted by molar-refractivity contribution is -0.132. The number of amides is 2. The molecule has 2 amide bonds. The third kappa shape index (κ3) is 3.35. The fourth-order valence-electron chi connectivity index (χ4n) is 1.53. The van der Waals surface area contributed by atoms with Crippen molar-refractivity contribution in [1.82, 2.24) is 10.2 Å². The molecule has 1 fully saturated rings. The van der Waals surface area contributed by atoms with E-state index >= 15 is 0 Å². The van der Waals surface area contributed by atoms with Crippen LogP contribution in [0.1, 0.15) is 20.3 Å². The fourth-order valence-corrected chi connectivity index (χ4v) is 1.53. The van der Waals surface area contributed by atoms with Crippen LogP contribution in [0.5, 0.6) is 0 Å². The van der Waals surface area contributed by atoms with E-state index in [1.54, 1.807) is 11.9 Å². The van der Waals surface area contributed by atoms with Gasteiger partial charge >= 0.3 is 0 Å². The van der Waals surface area contributed by atoms with Crippen molar-refractivity contribution in [2.24, 2.45) is 11.7 Å². The Labute approximate surface area is 102 Å². The second kappa shape index (κ2) is 6.06. The van der Waals surface area contributed by atoms with E-state index in [0.717, 1.165) is 0 Å². The third-order valence-corrected chi connectivity index (χ3v) is 2.76. The number of carbonyl (C=O) groups is 2. The SMILES string of the molecule is CC(C)C(N)C(=O)NC1CCN(C)C1=O.Cl. The monoisotopic (exact) mass is 249 g/mol. The highest BCUT2D eigenvalue weighted by atomic mass is 35.5. The van der Waals surface area contributed by atoms with Crippen LogP contribution in [0.3, 0.4) is 0 Å². The van der Waals surface area contributed by atoms with Crippen molar-refractivity contribution < 1.29 is 9.59 Å². The van der Waals surface area contributed by atoms with Crippen molar-refractivity contribution in [3.05, 3.63) is 0 Å². The van der Waals surface area contributed by atoms with Gasteiger partial charge in [0.15, 0.2) is 0 Å². The van der Waals surface area contributed by atoms with Crippen LogP contribution in [0.2, 0.25) is 0 Å². The Morgan fingerprint density at radius 2 is 2.12 bits per heavy atom. The molecule has 0 bridgehead atoms. The summed E-state index contributed by atoms with van der Waals surface area (Å²) in [5.74, 6) is -0.183. The molecular weight excluding hydrogens is 230 g/mol. The number of nitrogens with one attached hydrogen (secondary N) is 1. The van der Waals surface area contributed by atoms with Crippen LogP contribution in [0.25, 0.3) is 0 Å². The number of likely N-dealkylation sites (N-methyl/N-ethyl adjacent to an activating group) is 1. The second-order valence-electron chi connectivity index (χ2n) is 4.38. The van der Waals surface area contributed by atoms with Gasteiger partial charge in [-0.15, -0.1) is 12.4 Å². The van der Waals surface area contributed by atoms with Gasteiger partial charge in [0.1, 0.15) is 6.04 Å². The summed E-state index contributed by atoms with van der Waals surface area (Å²) in [6, 6.07) is -0.920. The molecular formula is C10H20ClN3O2. The molecule has 1 aliphatic heterocycles. The number of hydrogen-bond acceptors (Lipinski definition) is 3. The Morgan fingerprint density at radius 1 is 1.56 bits per heavy atom. The highest BCUT2D eigenvalue weighted by Crippen LogP contribution is 2.09. The molecule has 6 heteroatoms. The first-order valence-corrected chi connectivity index (χ1v) is 5.24. The zero-order chi connectivity index (χ0) is 11.6. The summed E-state index contributed by atoms with van der Waals surface area (Å²) in [6.45, 7) is 4.46. The highest BCUT2D eigenvalue weighted by molar-refractivity contribution is 5.90. The molecule has 0 aromatic heterocycles. The topological polar surface area (TPSA) is 75.4 Å². The minimum absolute atomic E-state index is 0. The van der Waals surface area contributed by atoms with Gasteiger partial charge in [0, 0.05) is 13.6 Å². The quantitative estimate of drug-likeness (QED) is 0.724. The predicted octanol–water partition coefficient (Wildman–Crippen LogP) is -0.262. The van der Waals surface area contributed by atoms with Crippen LogP contribution in [-0.4, -0.2) is 42.4 Å². The van der Waals surface area contributed by atoms with Gasteiger partial charge < -0.3 is 16.0 Å². The average Bonchev–Trinajstić information content (AvgIpc) is 2.48. The molecule has 0 aromatic rings. The van der Waals surface area contributed by atoms with Crippen molar-refractivity contribution in [3.8, 4) is 0 Å². The summed E-state index contributed by atoms with van der Waals surface area (Å²) in [6.07, 6.45) is 0.673. The van der Waals surface area contributed by atoms with Crippen molar-refractivity contribution in [3.63, 3.8) is 0 Å². The Kier molecular flexibility index (Phi) is 5.75. The maximum atomic E-state index is 11.6. The summed E-state index contributed by atoms with van der Waals surface area (Å²) in [5.41, 5.74) is 5.68. The molecule has 0 saturated carbocycles. The molecule has 1 aliphatic rings. The van der Waals surface area contributed by atoms with Gasteiger partial charge in [-0.05, 0) is 12.3 Å². The smallest absolute Gasteiger partial charge is 0.244 e. The maximum absolute atomic E-state index is 11.6. The molecule has 3 N–H and O–H groups in total. The first-order chi connectivity index (χ1) is 6.93. The molecule has 0 spiro atoms. The molecule has 1 rings (SSSR count). The molecule has 94 valence electrons. The lowest BCUT2D eigenvalue weighted by Gasteiger charge is -2.18. The molecule has 16 heavy (non-hydrogen) atoms. The fraction of sp³-hybridized carbons (Fsp3) is 0.800. The van der Waals surface area contributed by atoms with Crippen molar-refractivity contribution in [2.45, 2.75) is 32.4 Å². The molecule has 2 atom stereocenters. The van der Waals surface area contributed by atoms with Gasteiger partial charge in [-0.3, -0.25) is 9.59 Å². The van der Waals surface area contributed by atoms with Gasteiger partial charge in [-0.2, -0.15) is 0 Å². The molecule has 2 unspecified atom stereocenters. The molecule has 0 aromatic carbocycles. The van der Waals surface area contributed by atoms with E-state index in [2.05, 4.69) is 5.32 Å². The molecule has 0 radical (unpaired) electrons. The van der Waals surface area contributed by atoms with E-state index in [4.69, 9.17) is 5.73 Å². The number of nitrogens with two attached hydrogens (primary N) is 1. The van der Waals surface area contributed by atoms with Crippen molar-refractivity contribution in [1.29, 1.82) is 0 Å². The predicted molar refractivity (Wildman–Crippen MR) is 64.2 cm³/mol. The van der Waals surface area contributed by atoms with Gasteiger partial charge in [0.05, 0.1) is 6.04 Å². The summed E-state index contributed by atoms with van der Waals surface area (Å²) in [5, 5.41) is 2.68. The lowest BCUT2D eigenvalue weighted by Crippen LogP contribution is -2.49. The largest absolute Gasteiger partial charge is 0.344 e. The van der Waals surface area contributed by atoms with E-state index in [9.17, 15) is 9.59 Å². The van der Waals surface area contributed by atoms with Crippen LogP contribution in [0, 0.1) is 5.92 Å². The maximum Gasteiger partial charge on any atom is 0.244 e. The minimum Gasteiger partial charge on any atom is -0.344 e. The number of nitrogens with zero attached hydrogens (tertiary/aromatic N) is 1. The zero-order valence-corrected chi connectivity index (χ0v) is 10.7. The van der Waals surface area contributed by atoms with Crippen molar-refractivity contribution >= 4 is 24.2 Å². The van der Waals surface area contributed by atoms with Crippen LogP contribution in [0.4, 0.5) is 0 Å². The number of hydrogen-bond donors (Lipinski definition) is 2. The zero-order valence-electron chi connectivity index (χ0n) is 9.90. The summed E-state index contributed by atoms with van der Waals surface area (Å²) >= 11 is 0. The third-order valence-electron chi connectivity index (χ3n) is 2.76. The van der Waals surface area contributed by atoms with Gasteiger partial charge in [-0.25, -0.2) is 0 Å². The Balaban J connectivity index is 0.00000225. The van der Waals surface area contributed by atoms with E-state index in [1.165, 1.54) is 0 Å². The number of rotatable bonds is 3. The van der Waals surface area contributed by atoms with Gasteiger partial charge in [0.2, 0.25) is 11.8 Å². The molecule has 1 saturated heterocycles.